The Kier molecular flexibility index (Phi) is 4.68. The van der Waals surface area contributed by atoms with Crippen LogP contribution in [0, 0.1) is 0 Å². The fraction of sp³-hybridized carbons (Fsp3) is 0.211. The van der Waals surface area contributed by atoms with Crippen LogP contribution in [-0.2, 0) is 13.0 Å². The Morgan fingerprint density at radius 2 is 1.91 bits per heavy atom. The van der Waals surface area contributed by atoms with Gasteiger partial charge >= 0.3 is 5.63 Å². The fourth-order valence-corrected chi connectivity index (χ4v) is 2.77. The first-order valence-electron chi connectivity index (χ1n) is 7.60. The van der Waals surface area contributed by atoms with Crippen LogP contribution in [0.15, 0.2) is 57.7 Å². The lowest BCUT2D eigenvalue weighted by molar-refractivity contribution is 0.306. The summed E-state index contributed by atoms with van der Waals surface area (Å²) in [6, 6.07) is 14.9. The van der Waals surface area contributed by atoms with E-state index in [1.54, 1.807) is 6.07 Å². The molecule has 0 aliphatic heterocycles. The third-order valence-electron chi connectivity index (χ3n) is 3.64. The van der Waals surface area contributed by atoms with Crippen LogP contribution in [0.25, 0.3) is 11.0 Å². The monoisotopic (exact) mass is 328 g/mol. The van der Waals surface area contributed by atoms with Gasteiger partial charge in [0.05, 0.1) is 5.02 Å². The van der Waals surface area contributed by atoms with Gasteiger partial charge in [-0.3, -0.25) is 0 Å². The van der Waals surface area contributed by atoms with E-state index in [9.17, 15) is 4.79 Å². The third-order valence-corrected chi connectivity index (χ3v) is 3.93. The number of fused-ring (bicyclic) bond motifs is 1. The second-order valence-corrected chi connectivity index (χ2v) is 5.80. The summed E-state index contributed by atoms with van der Waals surface area (Å²) < 4.78 is 11.1. The molecule has 0 radical (unpaired) electrons. The summed E-state index contributed by atoms with van der Waals surface area (Å²) in [4.78, 5) is 11.7. The predicted octanol–water partition coefficient (Wildman–Crippen LogP) is 4.98. The Hall–Kier alpha value is -2.26. The molecule has 0 amide bonds. The van der Waals surface area contributed by atoms with Crippen molar-refractivity contribution in [2.24, 2.45) is 0 Å². The van der Waals surface area contributed by atoms with Gasteiger partial charge in [-0.2, -0.15) is 0 Å². The van der Waals surface area contributed by atoms with Crippen molar-refractivity contribution in [1.29, 1.82) is 0 Å². The van der Waals surface area contributed by atoms with Gasteiger partial charge in [-0.25, -0.2) is 4.79 Å². The Bertz CT molecular complexity index is 869. The highest BCUT2D eigenvalue weighted by Crippen LogP contribution is 2.32. The SMILES string of the molecule is CCCc1cc(=O)oc2cc(OCc3ccccc3)c(Cl)cc12. The first kappa shape index (κ1) is 15.6. The Morgan fingerprint density at radius 1 is 1.13 bits per heavy atom. The first-order chi connectivity index (χ1) is 11.2. The molecule has 0 saturated carbocycles. The average Bonchev–Trinajstić information content (AvgIpc) is 2.55. The maximum atomic E-state index is 11.7. The minimum Gasteiger partial charge on any atom is -0.487 e. The van der Waals surface area contributed by atoms with E-state index in [4.69, 9.17) is 20.8 Å². The van der Waals surface area contributed by atoms with Gasteiger partial charge in [0, 0.05) is 17.5 Å². The topological polar surface area (TPSA) is 39.4 Å². The fourth-order valence-electron chi connectivity index (χ4n) is 2.55. The predicted molar refractivity (Wildman–Crippen MR) is 92.3 cm³/mol. The molecule has 0 N–H and O–H groups in total. The quantitative estimate of drug-likeness (QED) is 0.620. The van der Waals surface area contributed by atoms with Crippen molar-refractivity contribution < 1.29 is 9.15 Å². The molecule has 0 spiro atoms. The van der Waals surface area contributed by atoms with E-state index in [0.717, 1.165) is 29.4 Å². The van der Waals surface area contributed by atoms with Crippen LogP contribution in [0.3, 0.4) is 0 Å². The lowest BCUT2D eigenvalue weighted by atomic mass is 10.1. The van der Waals surface area contributed by atoms with Crippen molar-refractivity contribution in [2.75, 3.05) is 0 Å². The molecule has 1 heterocycles. The molecule has 23 heavy (non-hydrogen) atoms. The molecule has 3 nitrogen and oxygen atoms in total. The van der Waals surface area contributed by atoms with E-state index in [0.29, 0.717) is 23.0 Å². The van der Waals surface area contributed by atoms with Gasteiger partial charge in [0.15, 0.2) is 0 Å². The summed E-state index contributed by atoms with van der Waals surface area (Å²) in [5.41, 5.74) is 2.16. The molecule has 4 heteroatoms. The van der Waals surface area contributed by atoms with Gasteiger partial charge in [0.1, 0.15) is 17.9 Å². The van der Waals surface area contributed by atoms with Crippen molar-refractivity contribution in [3.8, 4) is 5.75 Å². The van der Waals surface area contributed by atoms with Gasteiger partial charge < -0.3 is 9.15 Å². The summed E-state index contributed by atoms with van der Waals surface area (Å²) in [6.45, 7) is 2.48. The summed E-state index contributed by atoms with van der Waals surface area (Å²) in [6.07, 6.45) is 1.76. The second-order valence-electron chi connectivity index (χ2n) is 5.39. The van der Waals surface area contributed by atoms with Crippen molar-refractivity contribution in [1.82, 2.24) is 0 Å². The lowest BCUT2D eigenvalue weighted by Crippen LogP contribution is -2.01. The number of halogens is 1. The highest BCUT2D eigenvalue weighted by atomic mass is 35.5. The Labute approximate surface area is 139 Å². The molecule has 0 unspecified atom stereocenters. The highest BCUT2D eigenvalue weighted by molar-refractivity contribution is 6.32. The number of ether oxygens (including phenoxy) is 1. The second kappa shape index (κ2) is 6.88. The summed E-state index contributed by atoms with van der Waals surface area (Å²) in [5, 5.41) is 1.38. The van der Waals surface area contributed by atoms with Crippen LogP contribution >= 0.6 is 11.6 Å². The van der Waals surface area contributed by atoms with E-state index in [-0.39, 0.29) is 5.63 Å². The van der Waals surface area contributed by atoms with E-state index in [1.165, 1.54) is 6.07 Å². The largest absolute Gasteiger partial charge is 0.487 e. The Balaban J connectivity index is 1.96. The lowest BCUT2D eigenvalue weighted by Gasteiger charge is -2.10. The average molecular weight is 329 g/mol. The van der Waals surface area contributed by atoms with E-state index in [1.807, 2.05) is 36.4 Å². The van der Waals surface area contributed by atoms with Gasteiger partial charge in [-0.1, -0.05) is 55.3 Å². The smallest absolute Gasteiger partial charge is 0.336 e. The molecular formula is C19H17ClO3. The molecule has 3 rings (SSSR count). The molecule has 0 aliphatic rings. The number of rotatable bonds is 5. The minimum absolute atomic E-state index is 0.350. The van der Waals surface area contributed by atoms with Crippen LogP contribution in [0.2, 0.25) is 5.02 Å². The Morgan fingerprint density at radius 3 is 2.65 bits per heavy atom. The molecular weight excluding hydrogens is 312 g/mol. The van der Waals surface area contributed by atoms with Crippen LogP contribution in [0.4, 0.5) is 0 Å². The van der Waals surface area contributed by atoms with Crippen molar-refractivity contribution >= 4 is 22.6 Å². The van der Waals surface area contributed by atoms with Crippen LogP contribution in [0.1, 0.15) is 24.5 Å². The molecule has 1 aromatic heterocycles. The highest BCUT2D eigenvalue weighted by Gasteiger charge is 2.11. The zero-order valence-corrected chi connectivity index (χ0v) is 13.6. The van der Waals surface area contributed by atoms with Crippen LogP contribution in [0.5, 0.6) is 5.75 Å². The number of hydrogen-bond donors (Lipinski definition) is 0. The van der Waals surface area contributed by atoms with Gasteiger partial charge in [0.25, 0.3) is 0 Å². The molecule has 0 fully saturated rings. The molecule has 0 aliphatic carbocycles. The van der Waals surface area contributed by atoms with Crippen molar-refractivity contribution in [2.45, 2.75) is 26.4 Å². The van der Waals surface area contributed by atoms with Gasteiger partial charge in [-0.05, 0) is 23.6 Å². The van der Waals surface area contributed by atoms with Crippen molar-refractivity contribution in [3.05, 3.63) is 75.1 Å². The number of benzene rings is 2. The normalized spacial score (nSPS) is 10.9. The van der Waals surface area contributed by atoms with Crippen LogP contribution < -0.4 is 10.4 Å². The molecule has 3 aromatic rings. The van der Waals surface area contributed by atoms with E-state index in [2.05, 4.69) is 6.92 Å². The van der Waals surface area contributed by atoms with Gasteiger partial charge in [0.2, 0.25) is 0 Å². The minimum atomic E-state index is -0.350. The van der Waals surface area contributed by atoms with Crippen LogP contribution in [-0.4, -0.2) is 0 Å². The van der Waals surface area contributed by atoms with E-state index >= 15 is 0 Å². The van der Waals surface area contributed by atoms with E-state index < -0.39 is 0 Å². The molecule has 0 bridgehead atoms. The summed E-state index contributed by atoms with van der Waals surface area (Å²) >= 11 is 6.34. The molecule has 0 atom stereocenters. The molecule has 2 aromatic carbocycles. The third kappa shape index (κ3) is 3.57. The zero-order valence-electron chi connectivity index (χ0n) is 12.8. The molecule has 0 saturated heterocycles. The number of hydrogen-bond acceptors (Lipinski definition) is 3. The van der Waals surface area contributed by atoms with Gasteiger partial charge in [-0.15, -0.1) is 0 Å². The summed E-state index contributed by atoms with van der Waals surface area (Å²) in [5.74, 6) is 0.514. The van der Waals surface area contributed by atoms with Crippen molar-refractivity contribution in [3.63, 3.8) is 0 Å². The number of aryl methyl sites for hydroxylation is 1. The first-order valence-corrected chi connectivity index (χ1v) is 7.98. The molecule has 118 valence electrons. The zero-order chi connectivity index (χ0) is 16.2. The standard InChI is InChI=1S/C19H17ClO3/c1-2-6-14-9-19(21)23-17-11-18(16(20)10-15(14)17)22-12-13-7-4-3-5-8-13/h3-5,7-11H,2,6,12H2,1H3. The maximum absolute atomic E-state index is 11.7. The maximum Gasteiger partial charge on any atom is 0.336 e. The summed E-state index contributed by atoms with van der Waals surface area (Å²) in [7, 11) is 0.